The first-order chi connectivity index (χ1) is 35.0. The second-order valence-corrected chi connectivity index (χ2v) is 18.3. The number of para-hydroxylation sites is 2. The van der Waals surface area contributed by atoms with Crippen LogP contribution in [0.15, 0.2) is 234 Å². The fourth-order valence-electron chi connectivity index (χ4n) is 10.8. The zero-order chi connectivity index (χ0) is 47.2. The van der Waals surface area contributed by atoms with Crippen LogP contribution in [0.3, 0.4) is 0 Å². The molecule has 6 nitrogen and oxygen atoms in total. The summed E-state index contributed by atoms with van der Waals surface area (Å²) in [4.78, 5) is 8.68. The summed E-state index contributed by atoms with van der Waals surface area (Å²) in [7, 11) is 0. The zero-order valence-corrected chi connectivity index (χ0v) is 38.7. The van der Waals surface area contributed by atoms with Gasteiger partial charge in [0.05, 0.1) is 16.6 Å². The number of hydrogen-bond acceptors (Lipinski definition) is 4. The fourth-order valence-corrected chi connectivity index (χ4v) is 10.8. The van der Waals surface area contributed by atoms with Crippen molar-refractivity contribution in [2.24, 2.45) is 0 Å². The van der Waals surface area contributed by atoms with Crippen LogP contribution in [0.25, 0.3) is 133 Å². The minimum Gasteiger partial charge on any atom is -0.456 e. The van der Waals surface area contributed by atoms with Crippen molar-refractivity contribution in [3.8, 4) is 44.8 Å². The second kappa shape index (κ2) is 16.0. The number of pyridine rings is 2. The van der Waals surface area contributed by atoms with Crippen molar-refractivity contribution in [2.45, 2.75) is 6.92 Å². The molecule has 0 atom stereocenters. The van der Waals surface area contributed by atoms with Gasteiger partial charge in [0.25, 0.3) is 0 Å². The monoisotopic (exact) mass is 910 g/mol. The molecule has 334 valence electrons. The molecule has 14 rings (SSSR count). The standard InChI is InChI=1S/C65H42N4O2/c1-3-41(32-53-40(2)68(49-13-6-4-7-14-49)59-24-19-45(33-54(53)59)47-17-22-51-57-38-66-29-27-62(57)70-64(51)36-47)42-11-10-12-43(31-42)44-20-25-60-55(34-44)56-35-46(21-26-61(56)69(60)50-15-8-5-9-16-50)48-18-23-52-58-39-67-30-28-63(58)71-65(52)37-48/h3-39H,1H2,2H3/b41-32+. The molecule has 0 aliphatic heterocycles. The molecule has 6 heterocycles. The van der Waals surface area contributed by atoms with Crippen molar-refractivity contribution in [3.63, 3.8) is 0 Å². The maximum Gasteiger partial charge on any atom is 0.138 e. The van der Waals surface area contributed by atoms with Gasteiger partial charge in [-0.25, -0.2) is 0 Å². The third-order valence-corrected chi connectivity index (χ3v) is 14.3. The van der Waals surface area contributed by atoms with Gasteiger partial charge >= 0.3 is 0 Å². The van der Waals surface area contributed by atoms with E-state index in [0.717, 1.165) is 133 Å². The molecule has 14 aromatic rings. The third-order valence-electron chi connectivity index (χ3n) is 14.3. The van der Waals surface area contributed by atoms with Gasteiger partial charge < -0.3 is 18.0 Å². The molecule has 0 radical (unpaired) electrons. The van der Waals surface area contributed by atoms with Crippen molar-refractivity contribution >= 4 is 88.2 Å². The molecule has 8 aromatic carbocycles. The number of furan rings is 2. The number of benzene rings is 8. The normalized spacial score (nSPS) is 12.2. The second-order valence-electron chi connectivity index (χ2n) is 18.3. The minimum absolute atomic E-state index is 0.838. The van der Waals surface area contributed by atoms with Gasteiger partial charge in [0, 0.05) is 85.1 Å². The Labute approximate surface area is 408 Å². The molecule has 0 bridgehead atoms. The van der Waals surface area contributed by atoms with E-state index in [4.69, 9.17) is 8.83 Å². The smallest absolute Gasteiger partial charge is 0.138 e. The van der Waals surface area contributed by atoms with Crippen LogP contribution in [0.4, 0.5) is 0 Å². The number of fused-ring (bicyclic) bond motifs is 10. The molecule has 0 aliphatic rings. The van der Waals surface area contributed by atoms with E-state index in [1.165, 1.54) is 10.8 Å². The highest BCUT2D eigenvalue weighted by atomic mass is 16.3. The molecule has 71 heavy (non-hydrogen) atoms. The van der Waals surface area contributed by atoms with Gasteiger partial charge in [-0.2, -0.15) is 0 Å². The van der Waals surface area contributed by atoms with Crippen molar-refractivity contribution in [3.05, 3.63) is 242 Å². The Bertz CT molecular complexity index is 4490. The molecule has 0 fully saturated rings. The minimum atomic E-state index is 0.838. The fraction of sp³-hybridized carbons (Fsp3) is 0.0154. The molecule has 0 unspecified atom stereocenters. The van der Waals surface area contributed by atoms with E-state index in [1.54, 1.807) is 12.4 Å². The van der Waals surface area contributed by atoms with Crippen LogP contribution in [-0.2, 0) is 0 Å². The highest BCUT2D eigenvalue weighted by molar-refractivity contribution is 6.13. The summed E-state index contributed by atoms with van der Waals surface area (Å²) in [6, 6.07) is 67.3. The Morgan fingerprint density at radius 3 is 1.45 bits per heavy atom. The summed E-state index contributed by atoms with van der Waals surface area (Å²) in [6.45, 7) is 6.60. The Morgan fingerprint density at radius 2 is 0.901 bits per heavy atom. The lowest BCUT2D eigenvalue weighted by Crippen LogP contribution is -1.96. The van der Waals surface area contributed by atoms with Gasteiger partial charge in [-0.1, -0.05) is 97.6 Å². The Balaban J connectivity index is 0.887. The van der Waals surface area contributed by atoms with Crippen LogP contribution < -0.4 is 0 Å². The molecule has 0 amide bonds. The van der Waals surface area contributed by atoms with E-state index in [0.29, 0.717) is 0 Å². The van der Waals surface area contributed by atoms with E-state index in [2.05, 4.69) is 215 Å². The van der Waals surface area contributed by atoms with Crippen LogP contribution in [0.5, 0.6) is 0 Å². The summed E-state index contributed by atoms with van der Waals surface area (Å²) in [6.07, 6.45) is 11.6. The number of hydrogen-bond donors (Lipinski definition) is 0. The third kappa shape index (κ3) is 6.57. The molecule has 0 spiro atoms. The quantitative estimate of drug-likeness (QED) is 0.143. The molecular weight excluding hydrogens is 869 g/mol. The largest absolute Gasteiger partial charge is 0.456 e. The molecule has 6 aromatic heterocycles. The van der Waals surface area contributed by atoms with Crippen molar-refractivity contribution in [1.29, 1.82) is 0 Å². The summed E-state index contributed by atoms with van der Waals surface area (Å²) >= 11 is 0. The molecule has 0 saturated heterocycles. The van der Waals surface area contributed by atoms with E-state index in [9.17, 15) is 0 Å². The van der Waals surface area contributed by atoms with Crippen LogP contribution in [0.1, 0.15) is 16.8 Å². The number of allylic oxidation sites excluding steroid dienone is 2. The van der Waals surface area contributed by atoms with Gasteiger partial charge in [-0.3, -0.25) is 9.97 Å². The van der Waals surface area contributed by atoms with Gasteiger partial charge in [0.1, 0.15) is 22.3 Å². The van der Waals surface area contributed by atoms with Gasteiger partial charge in [-0.05, 0) is 161 Å². The zero-order valence-electron chi connectivity index (χ0n) is 38.7. The van der Waals surface area contributed by atoms with Gasteiger partial charge in [0.2, 0.25) is 0 Å². The van der Waals surface area contributed by atoms with E-state index in [1.807, 2.05) is 30.6 Å². The highest BCUT2D eigenvalue weighted by Crippen LogP contribution is 2.41. The molecular formula is C65H42N4O2. The maximum absolute atomic E-state index is 6.29. The first-order valence-electron chi connectivity index (χ1n) is 23.9. The van der Waals surface area contributed by atoms with Crippen LogP contribution >= 0.6 is 0 Å². The molecule has 0 aliphatic carbocycles. The van der Waals surface area contributed by atoms with Crippen LogP contribution in [0, 0.1) is 6.92 Å². The number of nitrogens with zero attached hydrogens (tertiary/aromatic N) is 4. The van der Waals surface area contributed by atoms with Crippen molar-refractivity contribution in [2.75, 3.05) is 0 Å². The van der Waals surface area contributed by atoms with E-state index < -0.39 is 0 Å². The Morgan fingerprint density at radius 1 is 0.423 bits per heavy atom. The Kier molecular flexibility index (Phi) is 9.16. The first-order valence-corrected chi connectivity index (χ1v) is 23.9. The lowest BCUT2D eigenvalue weighted by Gasteiger charge is -2.10. The summed E-state index contributed by atoms with van der Waals surface area (Å²) in [5.74, 6) is 0. The number of aromatic nitrogens is 4. The SMILES string of the molecule is C=C/C(=C\c1c(C)n(-c2ccccc2)c2ccc(-c3ccc4c(c3)oc3ccncc34)cc12)c1cccc(-c2ccc3c(c2)c2cc(-c4ccc5c(c4)oc4ccncc45)ccc2n3-c2ccccc2)c1. The molecule has 0 N–H and O–H groups in total. The van der Waals surface area contributed by atoms with Crippen molar-refractivity contribution in [1.82, 2.24) is 19.1 Å². The Hall–Kier alpha value is -9.52. The topological polar surface area (TPSA) is 61.9 Å². The lowest BCUT2D eigenvalue weighted by atomic mass is 9.95. The molecule has 6 heteroatoms. The summed E-state index contributed by atoms with van der Waals surface area (Å²) in [5.41, 5.74) is 20.1. The van der Waals surface area contributed by atoms with Gasteiger partial charge in [-0.15, -0.1) is 0 Å². The van der Waals surface area contributed by atoms with Crippen molar-refractivity contribution < 1.29 is 8.83 Å². The van der Waals surface area contributed by atoms with Crippen LogP contribution in [-0.4, -0.2) is 19.1 Å². The first kappa shape index (κ1) is 40.5. The lowest BCUT2D eigenvalue weighted by molar-refractivity contribution is 0.668. The average molecular weight is 911 g/mol. The maximum atomic E-state index is 6.29. The molecule has 0 saturated carbocycles. The van der Waals surface area contributed by atoms with E-state index >= 15 is 0 Å². The van der Waals surface area contributed by atoms with Crippen LogP contribution in [0.2, 0.25) is 0 Å². The number of rotatable bonds is 8. The highest BCUT2D eigenvalue weighted by Gasteiger charge is 2.19. The average Bonchev–Trinajstić information content (AvgIpc) is 4.17. The summed E-state index contributed by atoms with van der Waals surface area (Å²) in [5, 5.41) is 7.69. The van der Waals surface area contributed by atoms with E-state index in [-0.39, 0.29) is 0 Å². The van der Waals surface area contributed by atoms with Gasteiger partial charge in [0.15, 0.2) is 0 Å². The summed E-state index contributed by atoms with van der Waals surface area (Å²) < 4.78 is 17.3. The predicted molar refractivity (Wildman–Crippen MR) is 293 cm³/mol. The predicted octanol–water partition coefficient (Wildman–Crippen LogP) is 17.4.